The smallest absolute Gasteiger partial charge is 0.355 e. The third-order valence-corrected chi connectivity index (χ3v) is 3.40. The molecule has 0 unspecified atom stereocenters. The van der Waals surface area contributed by atoms with E-state index in [0.717, 1.165) is 8.96 Å². The second-order valence-electron chi connectivity index (χ2n) is 3.31. The Labute approximate surface area is 112 Å². The first-order valence-electron chi connectivity index (χ1n) is 5.05. The highest BCUT2D eigenvalue weighted by Crippen LogP contribution is 2.26. The van der Waals surface area contributed by atoms with Gasteiger partial charge in [-0.3, -0.25) is 0 Å². The fourth-order valence-electron chi connectivity index (χ4n) is 1.48. The summed E-state index contributed by atoms with van der Waals surface area (Å²) in [6.45, 7) is 2.12. The molecule has 0 aliphatic rings. The molecule has 2 aromatic heterocycles. The first-order chi connectivity index (χ1) is 8.17. The number of methoxy groups -OCH3 is 1. The summed E-state index contributed by atoms with van der Waals surface area (Å²) in [6, 6.07) is 1.84. The molecule has 0 atom stereocenters. The molecule has 0 spiro atoms. The molecule has 6 heteroatoms. The quantitative estimate of drug-likeness (QED) is 0.685. The zero-order valence-electron chi connectivity index (χ0n) is 9.41. The fourth-order valence-corrected chi connectivity index (χ4v) is 2.24. The van der Waals surface area contributed by atoms with Gasteiger partial charge in [0.1, 0.15) is 17.1 Å². The number of carbonyl (C=O) groups is 1. The van der Waals surface area contributed by atoms with Gasteiger partial charge in [0.2, 0.25) is 0 Å². The molecular weight excluding hydrogens is 335 g/mol. The molecule has 0 amide bonds. The van der Waals surface area contributed by atoms with E-state index in [-0.39, 0.29) is 5.97 Å². The number of pyridine rings is 1. The van der Waals surface area contributed by atoms with Crippen molar-refractivity contribution in [2.24, 2.45) is 0 Å². The third kappa shape index (κ3) is 2.21. The number of carbonyl (C=O) groups excluding carboxylic acids is 1. The van der Waals surface area contributed by atoms with Gasteiger partial charge in [-0.05, 0) is 35.6 Å². The van der Waals surface area contributed by atoms with Crippen LogP contribution < -0.4 is 4.74 Å². The summed E-state index contributed by atoms with van der Waals surface area (Å²) in [5.74, 6) is 0.290. The van der Waals surface area contributed by atoms with Crippen molar-refractivity contribution in [2.75, 3.05) is 13.7 Å². The van der Waals surface area contributed by atoms with Crippen molar-refractivity contribution < 1.29 is 14.3 Å². The van der Waals surface area contributed by atoms with E-state index in [1.807, 2.05) is 6.07 Å². The number of H-pyrrole nitrogens is 1. The van der Waals surface area contributed by atoms with Crippen molar-refractivity contribution in [3.63, 3.8) is 0 Å². The highest BCUT2D eigenvalue weighted by Gasteiger charge is 2.17. The van der Waals surface area contributed by atoms with Crippen LogP contribution in [-0.4, -0.2) is 29.7 Å². The monoisotopic (exact) mass is 346 g/mol. The van der Waals surface area contributed by atoms with Gasteiger partial charge >= 0.3 is 5.97 Å². The number of aromatic nitrogens is 2. The Hall–Kier alpha value is -1.31. The summed E-state index contributed by atoms with van der Waals surface area (Å²) >= 11 is 2.09. The average Bonchev–Trinajstić information content (AvgIpc) is 2.67. The molecule has 5 nitrogen and oxygen atoms in total. The third-order valence-electron chi connectivity index (χ3n) is 2.28. The van der Waals surface area contributed by atoms with E-state index >= 15 is 0 Å². The van der Waals surface area contributed by atoms with Crippen molar-refractivity contribution in [3.8, 4) is 5.75 Å². The highest BCUT2D eigenvalue weighted by atomic mass is 127. The van der Waals surface area contributed by atoms with Gasteiger partial charge in [0.05, 0.1) is 23.5 Å². The molecule has 2 heterocycles. The van der Waals surface area contributed by atoms with Crippen LogP contribution in [0.2, 0.25) is 0 Å². The lowest BCUT2D eigenvalue weighted by Gasteiger charge is -1.99. The first-order valence-corrected chi connectivity index (χ1v) is 6.13. The molecule has 0 aromatic carbocycles. The second-order valence-corrected chi connectivity index (χ2v) is 4.38. The maximum Gasteiger partial charge on any atom is 0.355 e. The number of ether oxygens (including phenoxy) is 2. The molecule has 0 bridgehead atoms. The van der Waals surface area contributed by atoms with E-state index in [2.05, 4.69) is 32.6 Å². The molecule has 2 rings (SSSR count). The van der Waals surface area contributed by atoms with Crippen molar-refractivity contribution in [1.29, 1.82) is 0 Å². The number of nitrogens with one attached hydrogen (secondary N) is 1. The molecule has 1 N–H and O–H groups in total. The summed E-state index contributed by atoms with van der Waals surface area (Å²) in [7, 11) is 1.58. The lowest BCUT2D eigenvalue weighted by atomic mass is 10.3. The molecule has 0 aliphatic carbocycles. The maximum absolute atomic E-state index is 11.7. The predicted octanol–water partition coefficient (Wildman–Crippen LogP) is 2.35. The Morgan fingerprint density at radius 3 is 3.00 bits per heavy atom. The van der Waals surface area contributed by atoms with Crippen molar-refractivity contribution in [1.82, 2.24) is 9.97 Å². The van der Waals surface area contributed by atoms with Crippen LogP contribution in [0.25, 0.3) is 11.0 Å². The number of hydrogen-bond donors (Lipinski definition) is 1. The van der Waals surface area contributed by atoms with Crippen LogP contribution >= 0.6 is 22.6 Å². The molecule has 0 radical (unpaired) electrons. The Bertz CT molecular complexity index is 565. The molecule has 0 saturated carbocycles. The highest BCUT2D eigenvalue weighted by molar-refractivity contribution is 14.1. The van der Waals surface area contributed by atoms with Crippen LogP contribution in [0.3, 0.4) is 0 Å². The van der Waals surface area contributed by atoms with E-state index in [0.29, 0.717) is 23.7 Å². The van der Waals surface area contributed by atoms with E-state index < -0.39 is 0 Å². The van der Waals surface area contributed by atoms with Crippen LogP contribution in [0.1, 0.15) is 17.4 Å². The lowest BCUT2D eigenvalue weighted by Crippen LogP contribution is -2.06. The minimum atomic E-state index is -0.367. The van der Waals surface area contributed by atoms with Crippen molar-refractivity contribution in [3.05, 3.63) is 21.5 Å². The van der Waals surface area contributed by atoms with Gasteiger partial charge in [0.15, 0.2) is 0 Å². The molecule has 0 aliphatic heterocycles. The molecule has 17 heavy (non-hydrogen) atoms. The Balaban J connectivity index is 2.53. The average molecular weight is 346 g/mol. The number of esters is 1. The van der Waals surface area contributed by atoms with Crippen molar-refractivity contribution in [2.45, 2.75) is 6.92 Å². The Morgan fingerprint density at radius 1 is 1.59 bits per heavy atom. The zero-order valence-corrected chi connectivity index (χ0v) is 11.6. The van der Waals surface area contributed by atoms with Crippen LogP contribution in [-0.2, 0) is 4.74 Å². The minimum Gasteiger partial charge on any atom is -0.495 e. The van der Waals surface area contributed by atoms with E-state index in [4.69, 9.17) is 9.47 Å². The van der Waals surface area contributed by atoms with Gasteiger partial charge in [-0.1, -0.05) is 0 Å². The fraction of sp³-hybridized carbons (Fsp3) is 0.273. The number of nitrogens with zero attached hydrogens (tertiary/aromatic N) is 1. The SMILES string of the molecule is CCOC(=O)c1[nH]c2ncc(OC)cc2c1I. The van der Waals surface area contributed by atoms with Crippen LogP contribution in [0.15, 0.2) is 12.3 Å². The summed E-state index contributed by atoms with van der Waals surface area (Å²) in [5, 5.41) is 0.855. The van der Waals surface area contributed by atoms with E-state index in [1.165, 1.54) is 0 Å². The molecule has 0 saturated heterocycles. The summed E-state index contributed by atoms with van der Waals surface area (Å²) < 4.78 is 10.9. The van der Waals surface area contributed by atoms with E-state index in [9.17, 15) is 4.79 Å². The molecule has 0 fully saturated rings. The van der Waals surface area contributed by atoms with Crippen LogP contribution in [0.5, 0.6) is 5.75 Å². The van der Waals surface area contributed by atoms with E-state index in [1.54, 1.807) is 20.2 Å². The first kappa shape index (κ1) is 12.2. The topological polar surface area (TPSA) is 64.2 Å². The lowest BCUT2D eigenvalue weighted by molar-refractivity contribution is 0.0519. The van der Waals surface area contributed by atoms with Gasteiger partial charge < -0.3 is 14.5 Å². The minimum absolute atomic E-state index is 0.348. The largest absolute Gasteiger partial charge is 0.495 e. The number of hydrogen-bond acceptors (Lipinski definition) is 4. The normalized spacial score (nSPS) is 10.5. The Morgan fingerprint density at radius 2 is 2.35 bits per heavy atom. The van der Waals surface area contributed by atoms with Gasteiger partial charge in [-0.25, -0.2) is 9.78 Å². The number of aromatic amines is 1. The summed E-state index contributed by atoms with van der Waals surface area (Å²) in [6.07, 6.45) is 1.60. The van der Waals surface area contributed by atoms with Gasteiger partial charge in [-0.2, -0.15) is 0 Å². The predicted molar refractivity (Wildman–Crippen MR) is 71.3 cm³/mol. The molecule has 90 valence electrons. The standard InChI is InChI=1S/C11H11IN2O3/c1-3-17-11(15)9-8(12)7-4-6(16-2)5-13-10(7)14-9/h4-5H,3H2,1-2H3,(H,13,14). The number of rotatable bonds is 3. The van der Waals surface area contributed by atoms with Gasteiger partial charge in [-0.15, -0.1) is 0 Å². The number of fused-ring (bicyclic) bond motifs is 1. The summed E-state index contributed by atoms with van der Waals surface area (Å²) in [5.41, 5.74) is 1.08. The second kappa shape index (κ2) is 4.91. The van der Waals surface area contributed by atoms with Gasteiger partial charge in [0, 0.05) is 5.39 Å². The summed E-state index contributed by atoms with van der Waals surface area (Å²) in [4.78, 5) is 18.8. The van der Waals surface area contributed by atoms with Crippen molar-refractivity contribution >= 4 is 39.6 Å². The zero-order chi connectivity index (χ0) is 12.4. The maximum atomic E-state index is 11.7. The number of halogens is 1. The van der Waals surface area contributed by atoms with Crippen LogP contribution in [0, 0.1) is 3.57 Å². The van der Waals surface area contributed by atoms with Crippen LogP contribution in [0.4, 0.5) is 0 Å². The Kier molecular flexibility index (Phi) is 3.51. The van der Waals surface area contributed by atoms with Gasteiger partial charge in [0.25, 0.3) is 0 Å². The molecule has 2 aromatic rings. The molecular formula is C11H11IN2O3.